The van der Waals surface area contributed by atoms with Crippen molar-refractivity contribution in [3.05, 3.63) is 54.1 Å². The van der Waals surface area contributed by atoms with Crippen LogP contribution in [0.3, 0.4) is 0 Å². The van der Waals surface area contributed by atoms with Crippen LogP contribution in [-0.4, -0.2) is 40.5 Å². The molecule has 0 aliphatic carbocycles. The van der Waals surface area contributed by atoms with E-state index in [9.17, 15) is 8.78 Å². The van der Waals surface area contributed by atoms with E-state index in [1.165, 1.54) is 18.0 Å². The third-order valence-corrected chi connectivity index (χ3v) is 4.82. The number of imidazole rings is 1. The van der Waals surface area contributed by atoms with Crippen LogP contribution in [-0.2, 0) is 12.0 Å². The monoisotopic (exact) mass is 347 g/mol. The maximum absolute atomic E-state index is 12.9. The summed E-state index contributed by atoms with van der Waals surface area (Å²) in [6, 6.07) is 10.4. The van der Waals surface area contributed by atoms with Crippen LogP contribution < -0.4 is 5.32 Å². The van der Waals surface area contributed by atoms with Gasteiger partial charge in [0.1, 0.15) is 5.82 Å². The summed E-state index contributed by atoms with van der Waals surface area (Å²) in [5.74, 6) is 1.00. The molecule has 5 nitrogen and oxygen atoms in total. The number of guanidine groups is 1. The standard InChI is InChI=1S/C18H23F2N5/c1-18(14-6-4-3-5-7-14)8-10-24(13-18)17(21-2)23-12-15-22-9-11-25(15)16(19)20/h3-7,9,11,16H,8,10,12-13H2,1-2H3,(H,21,23). The Kier molecular flexibility index (Phi) is 5.01. The zero-order chi connectivity index (χ0) is 17.9. The quantitative estimate of drug-likeness (QED) is 0.683. The number of benzene rings is 1. The molecule has 1 unspecified atom stereocenters. The number of halogens is 2. The molecule has 1 aromatic carbocycles. The second-order valence-corrected chi connectivity index (χ2v) is 6.53. The van der Waals surface area contributed by atoms with Crippen LogP contribution in [0.1, 0.15) is 31.3 Å². The van der Waals surface area contributed by atoms with E-state index in [1.807, 2.05) is 6.07 Å². The third kappa shape index (κ3) is 3.65. The molecule has 134 valence electrons. The van der Waals surface area contributed by atoms with Gasteiger partial charge in [0, 0.05) is 37.9 Å². The average Bonchev–Trinajstić information content (AvgIpc) is 3.24. The van der Waals surface area contributed by atoms with E-state index in [1.54, 1.807) is 7.05 Å². The topological polar surface area (TPSA) is 45.5 Å². The van der Waals surface area contributed by atoms with Crippen LogP contribution in [0.4, 0.5) is 8.78 Å². The van der Waals surface area contributed by atoms with Gasteiger partial charge in [-0.3, -0.25) is 9.56 Å². The lowest BCUT2D eigenvalue weighted by molar-refractivity contribution is 0.0668. The van der Waals surface area contributed by atoms with E-state index in [-0.39, 0.29) is 12.0 Å². The van der Waals surface area contributed by atoms with Crippen molar-refractivity contribution in [2.75, 3.05) is 20.1 Å². The van der Waals surface area contributed by atoms with E-state index in [0.29, 0.717) is 11.8 Å². The Balaban J connectivity index is 1.66. The van der Waals surface area contributed by atoms with Gasteiger partial charge < -0.3 is 10.2 Å². The highest BCUT2D eigenvalue weighted by molar-refractivity contribution is 5.80. The number of nitrogens with one attached hydrogen (secondary N) is 1. The van der Waals surface area contributed by atoms with Gasteiger partial charge in [0.05, 0.1) is 6.54 Å². The first kappa shape index (κ1) is 17.4. The molecule has 7 heteroatoms. The van der Waals surface area contributed by atoms with Crippen LogP contribution in [0.15, 0.2) is 47.7 Å². The van der Waals surface area contributed by atoms with Gasteiger partial charge >= 0.3 is 6.55 Å². The molecule has 1 saturated heterocycles. The van der Waals surface area contributed by atoms with Crippen LogP contribution in [0.2, 0.25) is 0 Å². The predicted molar refractivity (Wildman–Crippen MR) is 93.7 cm³/mol. The fraction of sp³-hybridized carbons (Fsp3) is 0.444. The molecular formula is C18H23F2N5. The van der Waals surface area contributed by atoms with E-state index in [4.69, 9.17) is 0 Å². The molecular weight excluding hydrogens is 324 g/mol. The van der Waals surface area contributed by atoms with Crippen molar-refractivity contribution in [1.29, 1.82) is 0 Å². The van der Waals surface area contributed by atoms with Gasteiger partial charge in [-0.2, -0.15) is 8.78 Å². The van der Waals surface area contributed by atoms with Gasteiger partial charge in [0.15, 0.2) is 5.96 Å². The molecule has 3 rings (SSSR count). The van der Waals surface area contributed by atoms with Crippen molar-refractivity contribution in [3.63, 3.8) is 0 Å². The zero-order valence-electron chi connectivity index (χ0n) is 14.5. The van der Waals surface area contributed by atoms with Crippen molar-refractivity contribution >= 4 is 5.96 Å². The van der Waals surface area contributed by atoms with Crippen LogP contribution >= 0.6 is 0 Å². The first-order valence-electron chi connectivity index (χ1n) is 8.34. The maximum atomic E-state index is 12.9. The molecule has 0 saturated carbocycles. The van der Waals surface area contributed by atoms with E-state index >= 15 is 0 Å². The largest absolute Gasteiger partial charge is 0.349 e. The lowest BCUT2D eigenvalue weighted by Gasteiger charge is -2.27. The lowest BCUT2D eigenvalue weighted by Crippen LogP contribution is -2.41. The number of likely N-dealkylation sites (tertiary alicyclic amines) is 1. The van der Waals surface area contributed by atoms with Crippen molar-refractivity contribution in [2.45, 2.75) is 31.9 Å². The maximum Gasteiger partial charge on any atom is 0.319 e. The number of nitrogens with zero attached hydrogens (tertiary/aromatic N) is 4. The van der Waals surface area contributed by atoms with Gasteiger partial charge in [-0.05, 0) is 12.0 Å². The second-order valence-electron chi connectivity index (χ2n) is 6.53. The summed E-state index contributed by atoms with van der Waals surface area (Å²) >= 11 is 0. The Morgan fingerprint density at radius 1 is 1.36 bits per heavy atom. The minimum absolute atomic E-state index is 0.0559. The molecule has 1 fully saturated rings. The summed E-state index contributed by atoms with van der Waals surface area (Å²) in [4.78, 5) is 10.5. The van der Waals surface area contributed by atoms with Crippen molar-refractivity contribution in [3.8, 4) is 0 Å². The molecule has 1 atom stereocenters. The Morgan fingerprint density at radius 3 is 2.80 bits per heavy atom. The number of rotatable bonds is 4. The van der Waals surface area contributed by atoms with Crippen LogP contribution in [0.5, 0.6) is 0 Å². The number of hydrogen-bond acceptors (Lipinski definition) is 2. The molecule has 0 amide bonds. The number of aliphatic imine (C=N–C) groups is 1. The summed E-state index contributed by atoms with van der Waals surface area (Å²) < 4.78 is 26.7. The first-order valence-corrected chi connectivity index (χ1v) is 8.34. The summed E-state index contributed by atoms with van der Waals surface area (Å²) in [6.07, 6.45) is 3.68. The van der Waals surface area contributed by atoms with Crippen molar-refractivity contribution in [2.24, 2.45) is 4.99 Å². The summed E-state index contributed by atoms with van der Waals surface area (Å²) in [5.41, 5.74) is 1.36. The number of aromatic nitrogens is 2. The molecule has 2 heterocycles. The Bertz CT molecular complexity index is 728. The number of alkyl halides is 2. The molecule has 1 aromatic heterocycles. The van der Waals surface area contributed by atoms with Gasteiger partial charge in [0.25, 0.3) is 0 Å². The SMILES string of the molecule is CN=C(NCc1nccn1C(F)F)N1CCC(C)(c2ccccc2)C1. The summed E-state index contributed by atoms with van der Waals surface area (Å²) in [6.45, 7) is 1.57. The lowest BCUT2D eigenvalue weighted by atomic mass is 9.82. The smallest absolute Gasteiger partial charge is 0.319 e. The third-order valence-electron chi connectivity index (χ3n) is 4.82. The predicted octanol–water partition coefficient (Wildman–Crippen LogP) is 3.02. The molecule has 1 aliphatic heterocycles. The molecule has 0 radical (unpaired) electrons. The van der Waals surface area contributed by atoms with Gasteiger partial charge in [0.2, 0.25) is 0 Å². The van der Waals surface area contributed by atoms with Crippen LogP contribution in [0.25, 0.3) is 0 Å². The van der Waals surface area contributed by atoms with Gasteiger partial charge in [-0.15, -0.1) is 0 Å². The fourth-order valence-electron chi connectivity index (χ4n) is 3.37. The highest BCUT2D eigenvalue weighted by Gasteiger charge is 2.36. The van der Waals surface area contributed by atoms with Gasteiger partial charge in [-0.1, -0.05) is 37.3 Å². The second kappa shape index (κ2) is 7.21. The van der Waals surface area contributed by atoms with Gasteiger partial charge in [-0.25, -0.2) is 4.98 Å². The molecule has 25 heavy (non-hydrogen) atoms. The van der Waals surface area contributed by atoms with E-state index in [0.717, 1.165) is 24.1 Å². The highest BCUT2D eigenvalue weighted by atomic mass is 19.3. The summed E-state index contributed by atoms with van der Waals surface area (Å²) in [5, 5.41) is 3.16. The molecule has 0 bridgehead atoms. The van der Waals surface area contributed by atoms with Crippen LogP contribution in [0, 0.1) is 0 Å². The average molecular weight is 347 g/mol. The zero-order valence-corrected chi connectivity index (χ0v) is 14.5. The Hall–Kier alpha value is -2.44. The van der Waals surface area contributed by atoms with Crippen molar-refractivity contribution < 1.29 is 8.78 Å². The fourth-order valence-corrected chi connectivity index (χ4v) is 3.37. The molecule has 1 N–H and O–H groups in total. The Labute approximate surface area is 146 Å². The highest BCUT2D eigenvalue weighted by Crippen LogP contribution is 2.33. The summed E-state index contributed by atoms with van der Waals surface area (Å²) in [7, 11) is 1.71. The first-order chi connectivity index (χ1) is 12.0. The molecule has 2 aromatic rings. The van der Waals surface area contributed by atoms with E-state index < -0.39 is 6.55 Å². The normalized spacial score (nSPS) is 21.2. The van der Waals surface area contributed by atoms with E-state index in [2.05, 4.69) is 51.4 Å². The van der Waals surface area contributed by atoms with Crippen molar-refractivity contribution in [1.82, 2.24) is 19.8 Å². The molecule has 0 spiro atoms. The minimum Gasteiger partial charge on any atom is -0.349 e. The Morgan fingerprint density at radius 2 is 2.12 bits per heavy atom. The molecule has 1 aliphatic rings. The number of hydrogen-bond donors (Lipinski definition) is 1. The minimum atomic E-state index is -2.59.